The summed E-state index contributed by atoms with van der Waals surface area (Å²) in [5, 5.41) is 12.4. The average molecular weight is 807 g/mol. The highest BCUT2D eigenvalue weighted by molar-refractivity contribution is 6.30. The Balaban J connectivity index is 1.09. The number of carbonyl (C=O) groups excluding carboxylic acids is 4. The standard InChI is InChI=1S/C47H36ClFN4O6/c1-24-21-27(22-25(2)41(24)54)40-33-19-20-34-39(45(57)52(43(34)55)32-17-7-26(8-18-32)42-50-37-5-3-4-6-38(37)59-42)35(33)23-36-44(56)53(51-31-15-13-30(49)14-16-31)46(58)47(36,40)28-9-11-29(48)12-10-28/h3-19,21-22,34-36,39-40,51,54H,20,23H2,1-2H3/t34-,35+,36-,39-,40-,47+/m0/s1. The predicted molar refractivity (Wildman–Crippen MR) is 219 cm³/mol. The van der Waals surface area contributed by atoms with Gasteiger partial charge in [0.15, 0.2) is 5.58 Å². The first kappa shape index (κ1) is 36.7. The molecule has 0 spiro atoms. The van der Waals surface area contributed by atoms with Gasteiger partial charge in [0.2, 0.25) is 17.7 Å². The van der Waals surface area contributed by atoms with E-state index in [0.717, 1.165) is 10.6 Å². The van der Waals surface area contributed by atoms with Crippen LogP contribution in [0.5, 0.6) is 5.75 Å². The van der Waals surface area contributed by atoms with Crippen LogP contribution in [0, 0.1) is 43.3 Å². The van der Waals surface area contributed by atoms with E-state index < -0.39 is 52.6 Å². The number of imide groups is 2. The molecular formula is C47H36ClFN4O6. The minimum absolute atomic E-state index is 0.0951. The van der Waals surface area contributed by atoms with Crippen molar-refractivity contribution in [2.75, 3.05) is 10.3 Å². The number of phenolic OH excluding ortho intramolecular Hbond substituents is 1. The maximum absolute atomic E-state index is 15.4. The zero-order chi connectivity index (χ0) is 40.9. The molecule has 5 aromatic carbocycles. The first-order chi connectivity index (χ1) is 28.4. The van der Waals surface area contributed by atoms with Crippen molar-refractivity contribution in [2.24, 2.45) is 23.7 Å². The van der Waals surface area contributed by atoms with Gasteiger partial charge in [-0.3, -0.25) is 29.5 Å². The van der Waals surface area contributed by atoms with Crippen LogP contribution in [0.15, 0.2) is 125 Å². The molecule has 6 atom stereocenters. The van der Waals surface area contributed by atoms with Gasteiger partial charge in [0.25, 0.3) is 11.8 Å². The summed E-state index contributed by atoms with van der Waals surface area (Å²) >= 11 is 6.41. The smallest absolute Gasteiger partial charge is 0.260 e. The molecule has 3 fully saturated rings. The third kappa shape index (κ3) is 5.47. The van der Waals surface area contributed by atoms with E-state index in [9.17, 15) is 23.9 Å². The second-order valence-electron chi connectivity index (χ2n) is 15.9. The molecule has 2 N–H and O–H groups in total. The van der Waals surface area contributed by atoms with Gasteiger partial charge in [0, 0.05) is 16.5 Å². The molecule has 59 heavy (non-hydrogen) atoms. The summed E-state index contributed by atoms with van der Waals surface area (Å²) in [4.78, 5) is 65.4. The van der Waals surface area contributed by atoms with Crippen molar-refractivity contribution in [3.8, 4) is 17.2 Å². The van der Waals surface area contributed by atoms with Gasteiger partial charge >= 0.3 is 0 Å². The normalized spacial score (nSPS) is 24.9. The first-order valence-corrected chi connectivity index (χ1v) is 19.8. The summed E-state index contributed by atoms with van der Waals surface area (Å²) in [6.45, 7) is 3.56. The maximum atomic E-state index is 15.4. The molecule has 0 unspecified atom stereocenters. The highest BCUT2D eigenvalue weighted by Gasteiger charge is 2.70. The number of aryl methyl sites for hydroxylation is 2. The maximum Gasteiger partial charge on any atom is 0.260 e. The fourth-order valence-electron chi connectivity index (χ4n) is 10.2. The number of aromatic hydroxyl groups is 1. The second kappa shape index (κ2) is 13.5. The number of hydrazine groups is 1. The quantitative estimate of drug-likeness (QED) is 0.126. The molecular weight excluding hydrogens is 771 g/mol. The van der Waals surface area contributed by atoms with Crippen molar-refractivity contribution >= 4 is 57.7 Å². The molecule has 10 nitrogen and oxygen atoms in total. The van der Waals surface area contributed by atoms with Crippen molar-refractivity contribution < 1.29 is 33.1 Å². The van der Waals surface area contributed by atoms with Gasteiger partial charge in [-0.1, -0.05) is 59.6 Å². The third-order valence-electron chi connectivity index (χ3n) is 12.8. The summed E-state index contributed by atoms with van der Waals surface area (Å²) in [6.07, 6.45) is 2.32. The Morgan fingerprint density at radius 2 is 1.54 bits per heavy atom. The number of hydrogen-bond donors (Lipinski definition) is 2. The molecule has 1 aromatic heterocycles. The van der Waals surface area contributed by atoms with Crippen LogP contribution in [-0.2, 0) is 24.6 Å². The number of hydrogen-bond acceptors (Lipinski definition) is 8. The molecule has 3 heterocycles. The molecule has 2 aliphatic heterocycles. The highest BCUT2D eigenvalue weighted by atomic mass is 35.5. The number of anilines is 2. The van der Waals surface area contributed by atoms with Crippen molar-refractivity contribution in [2.45, 2.75) is 38.0 Å². The number of para-hydroxylation sites is 2. The van der Waals surface area contributed by atoms with E-state index in [4.69, 9.17) is 16.0 Å². The molecule has 2 aliphatic carbocycles. The summed E-state index contributed by atoms with van der Waals surface area (Å²) < 4.78 is 19.9. The summed E-state index contributed by atoms with van der Waals surface area (Å²) in [5.41, 5.74) is 7.38. The lowest BCUT2D eigenvalue weighted by molar-refractivity contribution is -0.138. The number of amides is 4. The number of phenols is 1. The van der Waals surface area contributed by atoms with Crippen LogP contribution in [0.1, 0.15) is 41.0 Å². The molecule has 0 radical (unpaired) electrons. The third-order valence-corrected chi connectivity index (χ3v) is 13.0. The second-order valence-corrected chi connectivity index (χ2v) is 16.4. The van der Waals surface area contributed by atoms with Crippen molar-refractivity contribution in [3.05, 3.63) is 154 Å². The molecule has 10 rings (SSSR count). The number of oxazole rings is 1. The Kier molecular flexibility index (Phi) is 8.40. The van der Waals surface area contributed by atoms with Crippen molar-refractivity contribution in [1.29, 1.82) is 0 Å². The minimum Gasteiger partial charge on any atom is -0.507 e. The van der Waals surface area contributed by atoms with E-state index in [-0.39, 0.29) is 30.4 Å². The number of nitrogens with one attached hydrogen (secondary N) is 1. The number of nitrogens with zero attached hydrogens (tertiary/aromatic N) is 3. The average Bonchev–Trinajstić information content (AvgIpc) is 3.85. The van der Waals surface area contributed by atoms with E-state index in [1.54, 1.807) is 62.4 Å². The van der Waals surface area contributed by atoms with E-state index in [1.807, 2.05) is 42.5 Å². The molecule has 4 amide bonds. The van der Waals surface area contributed by atoms with Crippen LogP contribution in [0.3, 0.4) is 0 Å². The van der Waals surface area contributed by atoms with Gasteiger partial charge in [0.05, 0.1) is 34.5 Å². The monoisotopic (exact) mass is 806 g/mol. The summed E-state index contributed by atoms with van der Waals surface area (Å²) in [7, 11) is 0. The number of benzene rings is 5. The molecule has 12 heteroatoms. The molecule has 6 aromatic rings. The Morgan fingerprint density at radius 1 is 0.847 bits per heavy atom. The van der Waals surface area contributed by atoms with Gasteiger partial charge < -0.3 is 9.52 Å². The number of allylic oxidation sites excluding steroid dienone is 2. The number of halogens is 2. The van der Waals surface area contributed by atoms with Gasteiger partial charge in [-0.15, -0.1) is 0 Å². The lowest BCUT2D eigenvalue weighted by atomic mass is 9.49. The summed E-state index contributed by atoms with van der Waals surface area (Å²) in [6, 6.07) is 30.3. The zero-order valence-corrected chi connectivity index (χ0v) is 32.6. The van der Waals surface area contributed by atoms with E-state index >= 15 is 4.79 Å². The number of fused-ring (bicyclic) bond motifs is 5. The molecule has 1 saturated carbocycles. The van der Waals surface area contributed by atoms with Crippen LogP contribution < -0.4 is 10.3 Å². The SMILES string of the molecule is Cc1cc([C@H]2C3=CC[C@@H]4C(=O)N(c5ccc(-c6nc7ccccc7o6)cc5)C(=O)[C@@H]4[C@@H]3C[C@H]3C(=O)N(Nc4ccc(F)cc4)C(=O)[C@@]23c2ccc(Cl)cc2)cc(C)c1O. The minimum atomic E-state index is -1.54. The van der Waals surface area contributed by atoms with Crippen molar-refractivity contribution in [3.63, 3.8) is 0 Å². The van der Waals surface area contributed by atoms with Crippen LogP contribution in [0.4, 0.5) is 15.8 Å². The van der Waals surface area contributed by atoms with Crippen LogP contribution >= 0.6 is 11.6 Å². The predicted octanol–water partition coefficient (Wildman–Crippen LogP) is 8.80. The van der Waals surface area contributed by atoms with E-state index in [2.05, 4.69) is 10.4 Å². The van der Waals surface area contributed by atoms with Crippen LogP contribution in [0.2, 0.25) is 5.02 Å². The van der Waals surface area contributed by atoms with Crippen molar-refractivity contribution in [1.82, 2.24) is 9.99 Å². The van der Waals surface area contributed by atoms with Gasteiger partial charge in [-0.2, -0.15) is 5.01 Å². The van der Waals surface area contributed by atoms with Gasteiger partial charge in [-0.25, -0.2) is 9.37 Å². The van der Waals surface area contributed by atoms with Gasteiger partial charge in [-0.05, 0) is 128 Å². The van der Waals surface area contributed by atoms with E-state index in [1.165, 1.54) is 29.2 Å². The van der Waals surface area contributed by atoms with E-state index in [0.29, 0.717) is 61.2 Å². The highest BCUT2D eigenvalue weighted by Crippen LogP contribution is 2.64. The zero-order valence-electron chi connectivity index (χ0n) is 31.9. The molecule has 294 valence electrons. The van der Waals surface area contributed by atoms with Gasteiger partial charge in [0.1, 0.15) is 17.1 Å². The fourth-order valence-corrected chi connectivity index (χ4v) is 10.3. The topological polar surface area (TPSA) is 133 Å². The number of rotatable bonds is 6. The Bertz CT molecular complexity index is 2730. The molecule has 4 aliphatic rings. The number of carbonyl (C=O) groups is 4. The molecule has 2 saturated heterocycles. The Labute approximate surface area is 342 Å². The molecule has 0 bridgehead atoms. The Morgan fingerprint density at radius 3 is 2.24 bits per heavy atom. The number of aromatic nitrogens is 1. The summed E-state index contributed by atoms with van der Waals surface area (Å²) in [5.74, 6) is -5.61. The fraction of sp³-hybridized carbons (Fsp3) is 0.213. The largest absolute Gasteiger partial charge is 0.507 e. The Hall–Kier alpha value is -6.59. The van der Waals surface area contributed by atoms with Crippen LogP contribution in [-0.4, -0.2) is 38.7 Å². The lowest BCUT2D eigenvalue weighted by Crippen LogP contribution is -2.53. The first-order valence-electron chi connectivity index (χ1n) is 19.5. The lowest BCUT2D eigenvalue weighted by Gasteiger charge is -2.50. The van der Waals surface area contributed by atoms with Crippen LogP contribution in [0.25, 0.3) is 22.6 Å².